The van der Waals surface area contributed by atoms with Crippen LogP contribution in [0.5, 0.6) is 11.5 Å². The fourth-order valence-electron chi connectivity index (χ4n) is 3.94. The smallest absolute Gasteiger partial charge is 0.172 e. The molecule has 1 fully saturated rings. The number of nitrogens with zero attached hydrogens (tertiary/aromatic N) is 2. The van der Waals surface area contributed by atoms with Crippen LogP contribution in [0.25, 0.3) is 0 Å². The molecule has 2 N–H and O–H groups in total. The molecular weight excluding hydrogens is 406 g/mol. The standard InChI is InChI=1S/C21H24BrN3O2/c1-2-27-19-11-15(10-17(22)21(19)26)20-16-13-25(9-8-18(16)23-24-20)12-14-6-4-3-5-7-14/h3-7,10-11,16,20,24,26H,2,8-9,12-13H2,1H3. The maximum Gasteiger partial charge on any atom is 0.172 e. The zero-order valence-electron chi connectivity index (χ0n) is 15.4. The molecule has 4 rings (SSSR count). The molecule has 2 unspecified atom stereocenters. The predicted molar refractivity (Wildman–Crippen MR) is 110 cm³/mol. The van der Waals surface area contributed by atoms with Crippen molar-refractivity contribution < 1.29 is 9.84 Å². The number of aromatic hydroxyl groups is 1. The highest BCUT2D eigenvalue weighted by Crippen LogP contribution is 2.40. The van der Waals surface area contributed by atoms with Gasteiger partial charge in [0.1, 0.15) is 0 Å². The number of hydrogen-bond acceptors (Lipinski definition) is 5. The van der Waals surface area contributed by atoms with Crippen molar-refractivity contribution in [3.63, 3.8) is 0 Å². The van der Waals surface area contributed by atoms with E-state index in [2.05, 4.69) is 61.7 Å². The molecule has 0 spiro atoms. The Morgan fingerprint density at radius 2 is 2.11 bits per heavy atom. The number of hydrazone groups is 1. The van der Waals surface area contributed by atoms with Gasteiger partial charge in [-0.3, -0.25) is 4.90 Å². The largest absolute Gasteiger partial charge is 0.503 e. The molecule has 27 heavy (non-hydrogen) atoms. The van der Waals surface area contributed by atoms with Gasteiger partial charge < -0.3 is 15.3 Å². The fraction of sp³-hybridized carbons (Fsp3) is 0.381. The third kappa shape index (κ3) is 3.82. The van der Waals surface area contributed by atoms with Crippen LogP contribution < -0.4 is 10.2 Å². The molecular formula is C21H24BrN3O2. The molecule has 0 aliphatic carbocycles. The zero-order valence-corrected chi connectivity index (χ0v) is 16.9. The van der Waals surface area contributed by atoms with E-state index in [1.165, 1.54) is 11.3 Å². The highest BCUT2D eigenvalue weighted by molar-refractivity contribution is 9.10. The van der Waals surface area contributed by atoms with E-state index >= 15 is 0 Å². The molecule has 0 aromatic heterocycles. The number of fused-ring (bicyclic) bond motifs is 1. The average molecular weight is 430 g/mol. The summed E-state index contributed by atoms with van der Waals surface area (Å²) in [7, 11) is 0. The highest BCUT2D eigenvalue weighted by Gasteiger charge is 2.37. The van der Waals surface area contributed by atoms with Crippen LogP contribution >= 0.6 is 15.9 Å². The van der Waals surface area contributed by atoms with Crippen molar-refractivity contribution >= 4 is 21.6 Å². The number of rotatable bonds is 5. The van der Waals surface area contributed by atoms with Crippen molar-refractivity contribution in [1.82, 2.24) is 10.3 Å². The van der Waals surface area contributed by atoms with Crippen LogP contribution in [0.4, 0.5) is 0 Å². The monoisotopic (exact) mass is 429 g/mol. The van der Waals surface area contributed by atoms with Crippen LogP contribution in [0.2, 0.25) is 0 Å². The van der Waals surface area contributed by atoms with E-state index in [1.807, 2.05) is 19.1 Å². The summed E-state index contributed by atoms with van der Waals surface area (Å²) < 4.78 is 6.25. The van der Waals surface area contributed by atoms with Gasteiger partial charge in [-0.05, 0) is 46.1 Å². The minimum absolute atomic E-state index is 0.0923. The van der Waals surface area contributed by atoms with Crippen molar-refractivity contribution in [2.45, 2.75) is 25.9 Å². The van der Waals surface area contributed by atoms with Gasteiger partial charge in [0.25, 0.3) is 0 Å². The predicted octanol–water partition coefficient (Wildman–Crippen LogP) is 4.08. The zero-order chi connectivity index (χ0) is 18.8. The third-order valence-corrected chi connectivity index (χ3v) is 5.88. The van der Waals surface area contributed by atoms with Gasteiger partial charge in [-0.15, -0.1) is 0 Å². The van der Waals surface area contributed by atoms with E-state index in [-0.39, 0.29) is 11.8 Å². The Labute approximate surface area is 168 Å². The van der Waals surface area contributed by atoms with Gasteiger partial charge in [0.05, 0.1) is 17.1 Å². The first kappa shape index (κ1) is 18.3. The molecule has 0 amide bonds. The van der Waals surface area contributed by atoms with Crippen molar-refractivity contribution in [2.75, 3.05) is 19.7 Å². The summed E-state index contributed by atoms with van der Waals surface area (Å²) >= 11 is 3.45. The van der Waals surface area contributed by atoms with Gasteiger partial charge in [0.2, 0.25) is 0 Å². The second-order valence-corrected chi connectivity index (χ2v) is 7.92. The fourth-order valence-corrected chi connectivity index (χ4v) is 4.40. The Morgan fingerprint density at radius 1 is 1.30 bits per heavy atom. The highest BCUT2D eigenvalue weighted by atomic mass is 79.9. The van der Waals surface area contributed by atoms with Gasteiger partial charge in [-0.2, -0.15) is 5.10 Å². The number of ether oxygens (including phenoxy) is 1. The van der Waals surface area contributed by atoms with Gasteiger partial charge in [0, 0.05) is 37.7 Å². The van der Waals surface area contributed by atoms with Gasteiger partial charge in [0.15, 0.2) is 11.5 Å². The number of piperidine rings is 1. The lowest BCUT2D eigenvalue weighted by atomic mass is 9.86. The Balaban J connectivity index is 1.54. The maximum atomic E-state index is 10.2. The lowest BCUT2D eigenvalue weighted by Crippen LogP contribution is -2.41. The molecule has 2 aromatic carbocycles. The van der Waals surface area contributed by atoms with E-state index in [9.17, 15) is 5.11 Å². The number of benzene rings is 2. The maximum absolute atomic E-state index is 10.2. The quantitative estimate of drug-likeness (QED) is 0.751. The summed E-state index contributed by atoms with van der Waals surface area (Å²) in [6.45, 7) is 5.38. The SMILES string of the molecule is CCOc1cc(C2NN=C3CCN(Cc4ccccc4)CC32)cc(Br)c1O. The third-order valence-electron chi connectivity index (χ3n) is 5.28. The topological polar surface area (TPSA) is 57.1 Å². The first-order chi connectivity index (χ1) is 13.2. The van der Waals surface area contributed by atoms with Crippen molar-refractivity contribution in [3.05, 3.63) is 58.1 Å². The van der Waals surface area contributed by atoms with Gasteiger partial charge >= 0.3 is 0 Å². The minimum atomic E-state index is 0.0923. The van der Waals surface area contributed by atoms with Gasteiger partial charge in [-0.25, -0.2) is 0 Å². The summed E-state index contributed by atoms with van der Waals surface area (Å²) in [5.41, 5.74) is 6.98. The van der Waals surface area contributed by atoms with E-state index < -0.39 is 0 Å². The number of hydrogen-bond donors (Lipinski definition) is 2. The van der Waals surface area contributed by atoms with Crippen LogP contribution in [0.1, 0.15) is 30.5 Å². The van der Waals surface area contributed by atoms with Crippen LogP contribution in [0, 0.1) is 5.92 Å². The second-order valence-electron chi connectivity index (χ2n) is 7.07. The van der Waals surface area contributed by atoms with Crippen LogP contribution in [-0.4, -0.2) is 35.4 Å². The van der Waals surface area contributed by atoms with E-state index in [0.717, 1.165) is 31.6 Å². The molecule has 0 radical (unpaired) electrons. The van der Waals surface area contributed by atoms with Crippen LogP contribution in [0.15, 0.2) is 52.0 Å². The molecule has 1 saturated heterocycles. The molecule has 142 valence electrons. The molecule has 6 heteroatoms. The van der Waals surface area contributed by atoms with Gasteiger partial charge in [-0.1, -0.05) is 30.3 Å². The first-order valence-corrected chi connectivity index (χ1v) is 10.2. The summed E-state index contributed by atoms with van der Waals surface area (Å²) in [5.74, 6) is 0.983. The van der Waals surface area contributed by atoms with Crippen molar-refractivity contribution in [1.29, 1.82) is 0 Å². The Bertz CT molecular complexity index is 841. The first-order valence-electron chi connectivity index (χ1n) is 9.39. The molecule has 0 saturated carbocycles. The summed E-state index contributed by atoms with van der Waals surface area (Å²) in [6, 6.07) is 14.6. The summed E-state index contributed by atoms with van der Waals surface area (Å²) in [4.78, 5) is 2.50. The van der Waals surface area contributed by atoms with Crippen molar-refractivity contribution in [3.8, 4) is 11.5 Å². The molecule has 2 aliphatic heterocycles. The Kier molecular flexibility index (Phi) is 5.36. The normalized spacial score (nSPS) is 22.1. The Morgan fingerprint density at radius 3 is 2.89 bits per heavy atom. The molecule has 2 aromatic rings. The number of halogens is 1. The summed E-state index contributed by atoms with van der Waals surface area (Å²) in [6.07, 6.45) is 0.985. The molecule has 2 atom stereocenters. The van der Waals surface area contributed by atoms with Crippen molar-refractivity contribution in [2.24, 2.45) is 11.0 Å². The Hall–Kier alpha value is -2.05. The number of likely N-dealkylation sites (tertiary alicyclic amines) is 1. The van der Waals surface area contributed by atoms with Crippen LogP contribution in [0.3, 0.4) is 0 Å². The van der Waals surface area contributed by atoms with E-state index in [1.54, 1.807) is 0 Å². The second kappa shape index (κ2) is 7.90. The minimum Gasteiger partial charge on any atom is -0.503 e. The molecule has 2 aliphatic rings. The molecule has 2 heterocycles. The molecule has 0 bridgehead atoms. The lowest BCUT2D eigenvalue weighted by Gasteiger charge is -2.33. The number of nitrogens with one attached hydrogen (secondary N) is 1. The van der Waals surface area contributed by atoms with E-state index in [0.29, 0.717) is 22.7 Å². The van der Waals surface area contributed by atoms with E-state index in [4.69, 9.17) is 4.74 Å². The summed E-state index contributed by atoms with van der Waals surface area (Å²) in [5, 5.41) is 14.8. The molecule has 5 nitrogen and oxygen atoms in total. The van der Waals surface area contributed by atoms with Crippen LogP contribution in [-0.2, 0) is 6.54 Å². The average Bonchev–Trinajstić information content (AvgIpc) is 3.09. The number of phenols is 1. The number of phenolic OH excluding ortho intramolecular Hbond substituents is 1. The lowest BCUT2D eigenvalue weighted by molar-refractivity contribution is 0.220.